The fraction of sp³-hybridized carbons (Fsp3) is 0.891. The molecule has 0 radical (unpaired) electrons. The molecule has 1 N–H and O–H groups in total. The summed E-state index contributed by atoms with van der Waals surface area (Å²) in [7, 11) is -1.60. The van der Waals surface area contributed by atoms with Crippen molar-refractivity contribution in [2.45, 2.75) is 599 Å². The van der Waals surface area contributed by atoms with E-state index in [0.29, 0.717) is 56.3 Å². The Hall–Kier alpha value is -4.51. The Morgan fingerprint density at radius 1 is 0.384 bits per heavy atom. The molecule has 5 rings (SSSR count). The third kappa shape index (κ3) is 72.2. The number of fused-ring (bicyclic) bond motifs is 2. The number of hydrogen-bond acceptors (Lipinski definition) is 15. The van der Waals surface area contributed by atoms with Crippen molar-refractivity contribution in [2.24, 2.45) is 72.4 Å². The summed E-state index contributed by atoms with van der Waals surface area (Å²) in [6, 6.07) is 14.1. The summed E-state index contributed by atoms with van der Waals surface area (Å²) >= 11 is 0. The topological polar surface area (TPSA) is 204 Å². The van der Waals surface area contributed by atoms with Crippen LogP contribution in [0.3, 0.4) is 0 Å². The smallest absolute Gasteiger partial charge is 0.426 e. The summed E-state index contributed by atoms with van der Waals surface area (Å²) in [6.45, 7) is 81.5. The molecule has 27 heteroatoms. The first-order chi connectivity index (χ1) is 58.4. The molecule has 2 atom stereocenters. The highest BCUT2D eigenvalue weighted by molar-refractivity contribution is 6.76. The van der Waals surface area contributed by atoms with Gasteiger partial charge in [-0.3, -0.25) is 33.6 Å². The number of carbonyl (C=O) groups excluding carboxylic acids is 7. The van der Waals surface area contributed by atoms with Crippen LogP contribution in [0.4, 0.5) is 39.5 Å². The third-order valence-corrected chi connectivity index (χ3v) is 32.9. The first kappa shape index (κ1) is 189. The van der Waals surface area contributed by atoms with E-state index in [1.807, 2.05) is 125 Å². The number of carbonyl (C=O) groups is 7. The maximum atomic E-state index is 12.7. The lowest BCUT2D eigenvalue weighted by Crippen LogP contribution is -2.66. The van der Waals surface area contributed by atoms with E-state index in [9.17, 15) is 78.2 Å². The van der Waals surface area contributed by atoms with Crippen LogP contribution >= 0.6 is 0 Å². The van der Waals surface area contributed by atoms with Gasteiger partial charge in [-0.1, -0.05) is 323 Å². The highest BCUT2D eigenvalue weighted by Crippen LogP contribution is 2.67. The highest BCUT2D eigenvalue weighted by Gasteiger charge is 2.80. The van der Waals surface area contributed by atoms with Crippen LogP contribution in [-0.2, 0) is 66.7 Å². The van der Waals surface area contributed by atoms with Gasteiger partial charge in [0.25, 0.3) is 5.60 Å². The van der Waals surface area contributed by atoms with Gasteiger partial charge in [-0.25, -0.2) is 0 Å². The Bertz CT molecular complexity index is 3310. The van der Waals surface area contributed by atoms with Gasteiger partial charge in [0.05, 0.1) is 64.8 Å². The van der Waals surface area contributed by atoms with Gasteiger partial charge in [0.2, 0.25) is 0 Å². The van der Waals surface area contributed by atoms with Crippen molar-refractivity contribution in [1.82, 2.24) is 0 Å². The fourth-order valence-corrected chi connectivity index (χ4v) is 16.6. The fourth-order valence-electron chi connectivity index (χ4n) is 13.5. The Balaban J connectivity index is -0.0000000674. The highest BCUT2D eigenvalue weighted by atomic mass is 28.3. The van der Waals surface area contributed by atoms with Gasteiger partial charge in [0.1, 0.15) is 11.7 Å². The molecule has 4 fully saturated rings. The molecule has 0 saturated heterocycles. The van der Waals surface area contributed by atoms with E-state index in [0.717, 1.165) is 89.0 Å². The van der Waals surface area contributed by atoms with Gasteiger partial charge >= 0.3 is 60.3 Å². The number of halogens is 9. The Labute approximate surface area is 906 Å². The maximum absolute atomic E-state index is 12.7. The number of aliphatic hydroxyl groups is 1. The van der Waals surface area contributed by atoms with Crippen molar-refractivity contribution in [2.75, 3.05) is 26.9 Å². The average Bonchev–Trinajstić information content (AvgIpc) is 1.54. The van der Waals surface area contributed by atoms with Gasteiger partial charge in [-0.2, -0.15) is 39.5 Å². The molecule has 2 unspecified atom stereocenters. The molecule has 0 heterocycles. The normalized spacial score (nSPS) is 17.2. The lowest BCUT2D eigenvalue weighted by molar-refractivity contribution is -0.403. The van der Waals surface area contributed by atoms with Gasteiger partial charge in [-0.05, 0) is 299 Å². The quantitative estimate of drug-likeness (QED) is 0.0234. The van der Waals surface area contributed by atoms with Crippen LogP contribution in [0.1, 0.15) is 486 Å². The van der Waals surface area contributed by atoms with Gasteiger partial charge in [0, 0.05) is 29.6 Å². The molecule has 896 valence electrons. The minimum absolute atomic E-state index is 0. The molecule has 4 aliphatic carbocycles. The summed E-state index contributed by atoms with van der Waals surface area (Å²) in [5.74, 6) is 1.54. The maximum Gasteiger partial charge on any atom is 0.426 e. The van der Waals surface area contributed by atoms with E-state index >= 15 is 0 Å². The number of ether oxygens (including phenoxy) is 7. The first-order valence-corrected chi connectivity index (χ1v) is 59.8. The van der Waals surface area contributed by atoms with E-state index in [-0.39, 0.29) is 224 Å². The summed E-state index contributed by atoms with van der Waals surface area (Å²) < 4.78 is 149. The molecule has 0 amide bonds. The van der Waals surface area contributed by atoms with Crippen molar-refractivity contribution in [3.63, 3.8) is 0 Å². The van der Waals surface area contributed by atoms with Crippen LogP contribution in [-0.4, -0.2) is 140 Å². The minimum atomic E-state index is -5.68. The second kappa shape index (κ2) is 81.2. The second-order valence-corrected chi connectivity index (χ2v) is 63.7. The van der Waals surface area contributed by atoms with Crippen LogP contribution in [0.25, 0.3) is 0 Å². The molecule has 0 aromatic heterocycles. The predicted molar refractivity (Wildman–Crippen MR) is 630 cm³/mol. The molecule has 15 nitrogen and oxygen atoms in total. The predicted octanol–water partition coefficient (Wildman–Crippen LogP) is 41.1. The summed E-state index contributed by atoms with van der Waals surface area (Å²) in [5.41, 5.74) is -7.93. The molecule has 146 heavy (non-hydrogen) atoms. The van der Waals surface area contributed by atoms with Crippen LogP contribution in [0.5, 0.6) is 0 Å². The van der Waals surface area contributed by atoms with Gasteiger partial charge in [0.15, 0.2) is 6.10 Å². The van der Waals surface area contributed by atoms with E-state index < -0.39 is 71.3 Å². The molecule has 4 saturated carbocycles. The SMILES string of the molecule is C.C.C.C.C.C.C.C.C.C.C.C.C.C.C.C.CCC(C)(C)C(=O)OC.CCC(C)(C)C(=O)OC(C)(C)C1CCC(C)CC1.CCC(C)(C)C(=O)OC(C)C(F)(F)F.CCC(C)(C)C(=O)OC1CCC(C(C)(C)C)CC1.CCC(C)(C)C(=O)OCCC[Si](C)(C)C.CCC(C)(C)C(=O)OCCC[Si](C)(C)C.CCC(C)(C)C(=O)OCC[Si](C)(C)C.CCC(C)c1ccccc1.OC(C(F)(F)F)(C(F)(F)F)C12CCC(CC1)C2. The molecule has 0 aliphatic heterocycles. The van der Waals surface area contributed by atoms with Gasteiger partial charge < -0.3 is 38.3 Å². The second-order valence-electron chi connectivity index (χ2n) is 46.8. The van der Waals surface area contributed by atoms with Gasteiger partial charge in [-0.15, -0.1) is 0 Å². The molecule has 0 spiro atoms. The molecule has 4 aliphatic rings. The first-order valence-electron chi connectivity index (χ1n) is 48.7. The lowest BCUT2D eigenvalue weighted by Gasteiger charge is -2.45. The van der Waals surface area contributed by atoms with E-state index in [4.69, 9.17) is 23.7 Å². The Morgan fingerprint density at radius 2 is 0.671 bits per heavy atom. The molecular formula is C119H255F9O15Si3. The number of benzene rings is 1. The Kier molecular flexibility index (Phi) is 105. The standard InChI is InChI=1S/2C16H30O2.2C12H26O2Si.C11H24O2Si.C10H12F6O.C10H14.C9H15F3O2.C7H14O2.16CH4/c1-7-16(5,6)14(17)18-13-10-8-12(9-11-13)15(2,3)4;1-7-15(3,4)14(17)18-16(5,6)13-10-8-12(2)9-11-13;2*1-7-12(2,3)11(13)14-9-8-10-15(4,5)6;1-7-11(2,3)10(12)13-8-9-14(4,5)6;11-9(12,13)8(17,10(14,15)16)7-3-1-6(5-7)2-4-7;1-3-9(2)10-7-5-4-6-8-10;1-5-8(3,4)7(13)14-6(2)9(10,11)12;1-5-7(2,3)6(8)9-4;;;;;;;;;;;;;;;;/h2*12-13H,7-11H2,1-6H3;2*7-10H2,1-6H3;7-9H2,1-6H3;6,17H,1-5H2;4-9H,3H2,1-2H3;6H,5H2,1-4H3;5H2,1-4H3;16*1H4. The Morgan fingerprint density at radius 3 is 0.932 bits per heavy atom. The van der Waals surface area contributed by atoms with Crippen LogP contribution in [0, 0.1) is 72.4 Å². The van der Waals surface area contributed by atoms with Crippen molar-refractivity contribution in [3.8, 4) is 0 Å². The summed E-state index contributed by atoms with van der Waals surface area (Å²) in [4.78, 5) is 81.1. The monoisotopic (exact) mass is 2180 g/mol. The number of alkyl halides is 9. The largest absolute Gasteiger partial charge is 0.469 e. The molecular weight excluding hydrogens is 1920 g/mol. The number of methoxy groups -OCH3 is 1. The van der Waals surface area contributed by atoms with Crippen LogP contribution in [0.2, 0.25) is 77.1 Å². The van der Waals surface area contributed by atoms with Crippen molar-refractivity contribution >= 4 is 66.0 Å². The van der Waals surface area contributed by atoms with E-state index in [2.05, 4.69) is 154 Å². The molecule has 1 aromatic carbocycles. The lowest BCUT2D eigenvalue weighted by atomic mass is 9.68. The zero-order valence-corrected chi connectivity index (χ0v) is 92.5. The number of esters is 7. The summed E-state index contributed by atoms with van der Waals surface area (Å²) in [6.07, 6.45) is 0.410. The minimum Gasteiger partial charge on any atom is -0.469 e. The van der Waals surface area contributed by atoms with E-state index in [1.54, 1.807) is 20.8 Å². The van der Waals surface area contributed by atoms with Crippen molar-refractivity contribution in [1.29, 1.82) is 0 Å². The van der Waals surface area contributed by atoms with Crippen LogP contribution < -0.4 is 0 Å². The number of hydrogen-bond donors (Lipinski definition) is 1. The molecule has 1 aromatic rings. The summed E-state index contributed by atoms with van der Waals surface area (Å²) in [5, 5.41) is 9.41. The van der Waals surface area contributed by atoms with Crippen LogP contribution in [0.15, 0.2) is 30.3 Å². The zero-order chi connectivity index (χ0) is 103. The third-order valence-electron chi connectivity index (χ3n) is 27.5. The average molecular weight is 2180 g/mol. The van der Waals surface area contributed by atoms with E-state index in [1.165, 1.54) is 69.7 Å². The molecule has 2 bridgehead atoms. The van der Waals surface area contributed by atoms with Crippen molar-refractivity contribution in [3.05, 3.63) is 35.9 Å². The number of rotatable bonds is 32. The zero-order valence-electron chi connectivity index (χ0n) is 89.5. The van der Waals surface area contributed by atoms with Crippen molar-refractivity contribution < 1.29 is 111 Å².